The van der Waals surface area contributed by atoms with Gasteiger partial charge in [0.25, 0.3) is 0 Å². The number of nitrogens with one attached hydrogen (secondary N) is 3. The van der Waals surface area contributed by atoms with Gasteiger partial charge >= 0.3 is 6.03 Å². The molecule has 0 saturated heterocycles. The molecule has 23 heavy (non-hydrogen) atoms. The topological polar surface area (TPSA) is 91.9 Å². The van der Waals surface area contributed by atoms with Crippen molar-refractivity contribution in [1.29, 1.82) is 0 Å². The second kappa shape index (κ2) is 6.68. The van der Waals surface area contributed by atoms with Gasteiger partial charge in [0.1, 0.15) is 5.69 Å². The monoisotopic (exact) mass is 315 g/mol. The number of H-pyrrole nitrogens is 1. The molecule has 2 aromatic heterocycles. The largest absolute Gasteiger partial charge is 0.473 e. The second-order valence-electron chi connectivity index (χ2n) is 5.93. The Morgan fingerprint density at radius 1 is 1.48 bits per heavy atom. The van der Waals surface area contributed by atoms with Crippen molar-refractivity contribution in [2.75, 3.05) is 5.32 Å². The highest BCUT2D eigenvalue weighted by Gasteiger charge is 2.22. The van der Waals surface area contributed by atoms with Gasteiger partial charge < -0.3 is 15.4 Å². The quantitative estimate of drug-likeness (QED) is 0.807. The Hall–Kier alpha value is -2.57. The minimum atomic E-state index is -0.247. The van der Waals surface area contributed by atoms with Gasteiger partial charge in [-0.15, -0.1) is 0 Å². The molecule has 1 aliphatic rings. The second-order valence-corrected chi connectivity index (χ2v) is 5.93. The highest BCUT2D eigenvalue weighted by molar-refractivity contribution is 5.90. The number of hydrogen-bond acceptors (Lipinski definition) is 4. The number of ether oxygens (including phenoxy) is 1. The van der Waals surface area contributed by atoms with Crippen LogP contribution < -0.4 is 15.4 Å². The number of anilines is 1. The minimum Gasteiger partial charge on any atom is -0.473 e. The molecule has 0 spiro atoms. The van der Waals surface area contributed by atoms with Gasteiger partial charge in [0.15, 0.2) is 0 Å². The van der Waals surface area contributed by atoms with E-state index in [0.717, 1.165) is 19.3 Å². The lowest BCUT2D eigenvalue weighted by atomic mass is 9.94. The number of amides is 2. The van der Waals surface area contributed by atoms with Crippen molar-refractivity contribution in [2.45, 2.75) is 45.3 Å². The van der Waals surface area contributed by atoms with Gasteiger partial charge in [-0.25, -0.2) is 9.78 Å². The Morgan fingerprint density at radius 3 is 3.17 bits per heavy atom. The molecular weight excluding hydrogens is 294 g/mol. The van der Waals surface area contributed by atoms with Crippen molar-refractivity contribution in [3.63, 3.8) is 0 Å². The molecule has 1 aliphatic carbocycles. The Labute approximate surface area is 134 Å². The normalized spacial score (nSPS) is 16.7. The summed E-state index contributed by atoms with van der Waals surface area (Å²) in [6, 6.07) is 3.40. The lowest BCUT2D eigenvalue weighted by Crippen LogP contribution is -2.41. The molecule has 0 bridgehead atoms. The van der Waals surface area contributed by atoms with E-state index in [4.69, 9.17) is 4.74 Å². The molecule has 0 aromatic carbocycles. The molecule has 0 saturated carbocycles. The fourth-order valence-electron chi connectivity index (χ4n) is 2.69. The highest BCUT2D eigenvalue weighted by Crippen LogP contribution is 2.22. The van der Waals surface area contributed by atoms with Gasteiger partial charge in [0, 0.05) is 17.9 Å². The van der Waals surface area contributed by atoms with E-state index < -0.39 is 0 Å². The van der Waals surface area contributed by atoms with Gasteiger partial charge in [-0.2, -0.15) is 5.10 Å². The Balaban J connectivity index is 1.60. The van der Waals surface area contributed by atoms with E-state index in [1.807, 2.05) is 20.0 Å². The number of hydrogen-bond donors (Lipinski definition) is 3. The number of fused-ring (bicyclic) bond motifs is 1. The summed E-state index contributed by atoms with van der Waals surface area (Å²) in [7, 11) is 0. The number of carbonyl (C=O) groups is 1. The summed E-state index contributed by atoms with van der Waals surface area (Å²) < 4.78 is 5.61. The molecule has 1 atom stereocenters. The van der Waals surface area contributed by atoms with Crippen LogP contribution in [0.15, 0.2) is 24.5 Å². The number of urea groups is 1. The fraction of sp³-hybridized carbons (Fsp3) is 0.438. The third-order valence-corrected chi connectivity index (χ3v) is 3.72. The van der Waals surface area contributed by atoms with Gasteiger partial charge in [-0.1, -0.05) is 0 Å². The number of carbonyl (C=O) groups excluding carboxylic acids is 1. The molecule has 122 valence electrons. The summed E-state index contributed by atoms with van der Waals surface area (Å²) in [6.07, 6.45) is 6.05. The minimum absolute atomic E-state index is 0.00799. The number of aromatic nitrogens is 3. The zero-order valence-corrected chi connectivity index (χ0v) is 13.3. The summed E-state index contributed by atoms with van der Waals surface area (Å²) >= 11 is 0. The lowest BCUT2D eigenvalue weighted by Gasteiger charge is -2.23. The Kier molecular flexibility index (Phi) is 4.45. The predicted molar refractivity (Wildman–Crippen MR) is 86.6 cm³/mol. The van der Waals surface area contributed by atoms with E-state index in [2.05, 4.69) is 25.8 Å². The Bertz CT molecular complexity index is 683. The van der Waals surface area contributed by atoms with Crippen LogP contribution in [-0.4, -0.2) is 33.4 Å². The van der Waals surface area contributed by atoms with Crippen LogP contribution in [0.25, 0.3) is 0 Å². The molecule has 7 heteroatoms. The summed E-state index contributed by atoms with van der Waals surface area (Å²) in [5.41, 5.74) is 2.91. The maximum atomic E-state index is 12.2. The fourth-order valence-corrected chi connectivity index (χ4v) is 2.69. The molecule has 3 rings (SSSR count). The van der Waals surface area contributed by atoms with Gasteiger partial charge in [0.05, 0.1) is 12.3 Å². The van der Waals surface area contributed by atoms with E-state index >= 15 is 0 Å². The number of nitrogens with zero attached hydrogens (tertiary/aromatic N) is 2. The van der Waals surface area contributed by atoms with Crippen LogP contribution >= 0.6 is 0 Å². The molecule has 3 N–H and O–H groups in total. The summed E-state index contributed by atoms with van der Waals surface area (Å²) in [4.78, 5) is 16.4. The average molecular weight is 315 g/mol. The highest BCUT2D eigenvalue weighted by atomic mass is 16.5. The van der Waals surface area contributed by atoms with Crippen molar-refractivity contribution >= 4 is 11.7 Å². The molecular formula is C16H21N5O2. The van der Waals surface area contributed by atoms with Crippen LogP contribution in [0.2, 0.25) is 0 Å². The standard InChI is InChI=1S/C16H21N5O2/c1-10(2)23-15-14(4-3-7-17-15)20-16(22)19-12-5-6-13-11(8-12)9-18-21-13/h3-4,7,9-10,12H,5-6,8H2,1-2H3,(H,18,21)(H2,19,20,22). The first-order chi connectivity index (χ1) is 11.1. The first kappa shape index (κ1) is 15.3. The van der Waals surface area contributed by atoms with Crippen molar-refractivity contribution in [3.05, 3.63) is 35.8 Å². The molecule has 2 heterocycles. The zero-order chi connectivity index (χ0) is 16.2. The maximum Gasteiger partial charge on any atom is 0.319 e. The van der Waals surface area contributed by atoms with E-state index in [1.165, 1.54) is 11.3 Å². The average Bonchev–Trinajstić information content (AvgIpc) is 2.96. The van der Waals surface area contributed by atoms with Crippen molar-refractivity contribution < 1.29 is 9.53 Å². The van der Waals surface area contributed by atoms with E-state index in [-0.39, 0.29) is 18.2 Å². The summed E-state index contributed by atoms with van der Waals surface area (Å²) in [6.45, 7) is 3.84. The number of pyridine rings is 1. The Morgan fingerprint density at radius 2 is 2.35 bits per heavy atom. The smallest absolute Gasteiger partial charge is 0.319 e. The van der Waals surface area contributed by atoms with Gasteiger partial charge in [-0.05, 0) is 50.8 Å². The van der Waals surface area contributed by atoms with Gasteiger partial charge in [-0.3, -0.25) is 5.10 Å². The van der Waals surface area contributed by atoms with Crippen molar-refractivity contribution in [1.82, 2.24) is 20.5 Å². The summed E-state index contributed by atoms with van der Waals surface area (Å²) in [5, 5.41) is 12.9. The number of aryl methyl sites for hydroxylation is 1. The third-order valence-electron chi connectivity index (χ3n) is 3.72. The molecule has 0 radical (unpaired) electrons. The molecule has 2 aromatic rings. The molecule has 7 nitrogen and oxygen atoms in total. The lowest BCUT2D eigenvalue weighted by molar-refractivity contribution is 0.232. The first-order valence-corrected chi connectivity index (χ1v) is 7.82. The summed E-state index contributed by atoms with van der Waals surface area (Å²) in [5.74, 6) is 0.429. The van der Waals surface area contributed by atoms with Crippen LogP contribution in [0, 0.1) is 0 Å². The molecule has 2 amide bonds. The molecule has 1 unspecified atom stereocenters. The zero-order valence-electron chi connectivity index (χ0n) is 13.3. The van der Waals surface area contributed by atoms with Crippen LogP contribution in [0.3, 0.4) is 0 Å². The maximum absolute atomic E-state index is 12.2. The van der Waals surface area contributed by atoms with Crippen LogP contribution in [-0.2, 0) is 12.8 Å². The van der Waals surface area contributed by atoms with E-state index in [9.17, 15) is 4.79 Å². The van der Waals surface area contributed by atoms with E-state index in [0.29, 0.717) is 11.6 Å². The van der Waals surface area contributed by atoms with Crippen LogP contribution in [0.4, 0.5) is 10.5 Å². The predicted octanol–water partition coefficient (Wildman–Crippen LogP) is 2.27. The molecule has 0 fully saturated rings. The van der Waals surface area contributed by atoms with Crippen molar-refractivity contribution in [2.24, 2.45) is 0 Å². The number of rotatable bonds is 4. The third kappa shape index (κ3) is 3.80. The SMILES string of the molecule is CC(C)Oc1ncccc1NC(=O)NC1CCc2[nH]ncc2C1. The van der Waals surface area contributed by atoms with Crippen LogP contribution in [0.5, 0.6) is 5.88 Å². The molecule has 0 aliphatic heterocycles. The van der Waals surface area contributed by atoms with E-state index in [1.54, 1.807) is 18.3 Å². The van der Waals surface area contributed by atoms with Crippen LogP contribution in [0.1, 0.15) is 31.5 Å². The van der Waals surface area contributed by atoms with Gasteiger partial charge in [0.2, 0.25) is 5.88 Å². The first-order valence-electron chi connectivity index (χ1n) is 7.82. The number of aromatic amines is 1. The van der Waals surface area contributed by atoms with Crippen molar-refractivity contribution in [3.8, 4) is 5.88 Å².